The lowest BCUT2D eigenvalue weighted by Crippen LogP contribution is -2.38. The second kappa shape index (κ2) is 11.2. The van der Waals surface area contributed by atoms with Crippen molar-refractivity contribution in [1.29, 1.82) is 0 Å². The molecule has 0 aliphatic carbocycles. The normalized spacial score (nSPS) is 14.5. The molecule has 1 N–H and O–H groups in total. The van der Waals surface area contributed by atoms with E-state index in [0.717, 1.165) is 23.1 Å². The van der Waals surface area contributed by atoms with Gasteiger partial charge in [0, 0.05) is 45.0 Å². The van der Waals surface area contributed by atoms with Gasteiger partial charge in [-0.25, -0.2) is 13.4 Å². The van der Waals surface area contributed by atoms with Gasteiger partial charge in [0.25, 0.3) is 5.91 Å². The summed E-state index contributed by atoms with van der Waals surface area (Å²) < 4.78 is 35.1. The molecule has 188 valence electrons. The van der Waals surface area contributed by atoms with Gasteiger partial charge in [0.2, 0.25) is 10.0 Å². The highest BCUT2D eigenvalue weighted by Crippen LogP contribution is 2.27. The van der Waals surface area contributed by atoms with Crippen molar-refractivity contribution in [2.75, 3.05) is 50.8 Å². The van der Waals surface area contributed by atoms with Crippen LogP contribution < -0.4 is 10.2 Å². The molecule has 3 aromatic rings. The van der Waals surface area contributed by atoms with E-state index in [0.29, 0.717) is 58.0 Å². The van der Waals surface area contributed by atoms with Crippen molar-refractivity contribution in [3.05, 3.63) is 54.4 Å². The number of aromatic nitrogens is 2. The molecule has 2 aromatic carbocycles. The van der Waals surface area contributed by atoms with Crippen LogP contribution in [0.3, 0.4) is 0 Å². The number of carbonyl (C=O) groups is 1. The Bertz CT molecular complexity index is 1260. The molecule has 1 amide bonds. The van der Waals surface area contributed by atoms with Gasteiger partial charge in [-0.3, -0.25) is 4.79 Å². The van der Waals surface area contributed by atoms with E-state index in [1.165, 1.54) is 10.4 Å². The van der Waals surface area contributed by atoms with Gasteiger partial charge in [-0.2, -0.15) is 4.31 Å². The third-order valence-corrected chi connectivity index (χ3v) is 8.34. The summed E-state index contributed by atoms with van der Waals surface area (Å²) in [6.45, 7) is 7.96. The van der Waals surface area contributed by atoms with Crippen molar-refractivity contribution in [3.63, 3.8) is 0 Å². The number of rotatable bonds is 10. The smallest absolute Gasteiger partial charge is 0.253 e. The highest BCUT2D eigenvalue weighted by atomic mass is 32.2. The summed E-state index contributed by atoms with van der Waals surface area (Å²) in [7, 11) is -3.68. The largest absolute Gasteiger partial charge is 0.378 e. The second-order valence-corrected chi connectivity index (χ2v) is 10.3. The third-order valence-electron chi connectivity index (χ3n) is 6.30. The fourth-order valence-corrected chi connectivity index (χ4v) is 5.87. The van der Waals surface area contributed by atoms with E-state index < -0.39 is 10.0 Å². The maximum absolute atomic E-state index is 13.3. The molecule has 0 bridgehead atoms. The first-order chi connectivity index (χ1) is 17.0. The summed E-state index contributed by atoms with van der Waals surface area (Å²) in [5, 5.41) is 2.99. The van der Waals surface area contributed by atoms with Gasteiger partial charge >= 0.3 is 0 Å². The average Bonchev–Trinajstić information content (AvgIpc) is 3.30. The first-order valence-electron chi connectivity index (χ1n) is 12.1. The molecule has 4 rings (SSSR count). The lowest BCUT2D eigenvalue weighted by molar-refractivity contribution is 0.0951. The molecule has 9 nitrogen and oxygen atoms in total. The number of benzene rings is 2. The van der Waals surface area contributed by atoms with Gasteiger partial charge in [0.1, 0.15) is 0 Å². The van der Waals surface area contributed by atoms with E-state index in [-0.39, 0.29) is 10.8 Å². The molecule has 1 saturated heterocycles. The molecule has 0 spiro atoms. The number of nitrogens with one attached hydrogen (secondary N) is 1. The SMILES string of the molecule is CCN(CC)S(=O)(=O)c1ccc(N2CCOCC2)c(C(=O)NCCCn2cnc3ccccc32)c1. The molecule has 1 aliphatic heterocycles. The van der Waals surface area contributed by atoms with Gasteiger partial charge in [0.05, 0.1) is 41.0 Å². The van der Waals surface area contributed by atoms with E-state index in [2.05, 4.69) is 19.8 Å². The third kappa shape index (κ3) is 5.50. The van der Waals surface area contributed by atoms with E-state index in [1.54, 1.807) is 26.0 Å². The summed E-state index contributed by atoms with van der Waals surface area (Å²) in [6, 6.07) is 12.8. The number of sulfonamides is 1. The highest BCUT2D eigenvalue weighted by molar-refractivity contribution is 7.89. The van der Waals surface area contributed by atoms with Crippen LogP contribution in [0.1, 0.15) is 30.6 Å². The van der Waals surface area contributed by atoms with Crippen LogP contribution in [-0.2, 0) is 21.3 Å². The van der Waals surface area contributed by atoms with Crippen molar-refractivity contribution < 1.29 is 17.9 Å². The van der Waals surface area contributed by atoms with Crippen LogP contribution >= 0.6 is 0 Å². The first-order valence-corrected chi connectivity index (χ1v) is 13.5. The van der Waals surface area contributed by atoms with Crippen molar-refractivity contribution in [2.24, 2.45) is 0 Å². The Labute approximate surface area is 206 Å². The van der Waals surface area contributed by atoms with Crippen LogP contribution in [0.25, 0.3) is 11.0 Å². The minimum Gasteiger partial charge on any atom is -0.378 e. The van der Waals surface area contributed by atoms with Crippen molar-refractivity contribution >= 4 is 32.7 Å². The van der Waals surface area contributed by atoms with Crippen LogP contribution in [0.2, 0.25) is 0 Å². The molecule has 0 radical (unpaired) electrons. The highest BCUT2D eigenvalue weighted by Gasteiger charge is 2.26. The number of amides is 1. The van der Waals surface area contributed by atoms with E-state index in [1.807, 2.05) is 30.6 Å². The zero-order valence-corrected chi connectivity index (χ0v) is 21.1. The Morgan fingerprint density at radius 1 is 1.11 bits per heavy atom. The number of nitrogens with zero attached hydrogens (tertiary/aromatic N) is 4. The van der Waals surface area contributed by atoms with Gasteiger partial charge in [0.15, 0.2) is 0 Å². The Hall–Kier alpha value is -2.95. The number of para-hydroxylation sites is 2. The molecule has 1 aliphatic rings. The lowest BCUT2D eigenvalue weighted by Gasteiger charge is -2.30. The molecule has 35 heavy (non-hydrogen) atoms. The van der Waals surface area contributed by atoms with Crippen LogP contribution in [0.4, 0.5) is 5.69 Å². The molecule has 1 aromatic heterocycles. The summed E-state index contributed by atoms with van der Waals surface area (Å²) in [5.74, 6) is -0.279. The average molecular weight is 500 g/mol. The second-order valence-electron chi connectivity index (χ2n) is 8.40. The number of carbonyl (C=O) groups excluding carboxylic acids is 1. The van der Waals surface area contributed by atoms with Crippen molar-refractivity contribution in [3.8, 4) is 0 Å². The number of hydrogen-bond acceptors (Lipinski definition) is 6. The standard InChI is InChI=1S/C25H33N5O4S/c1-3-30(4-2)35(32,33)20-10-11-23(28-14-16-34-17-15-28)21(18-20)25(31)26-12-7-13-29-19-27-22-8-5-6-9-24(22)29/h5-6,8-11,18-19H,3-4,7,12-17H2,1-2H3,(H,26,31). The predicted octanol–water partition coefficient (Wildman–Crippen LogP) is 2.72. The molecule has 2 heterocycles. The number of aryl methyl sites for hydroxylation is 1. The fourth-order valence-electron chi connectivity index (χ4n) is 4.39. The van der Waals surface area contributed by atoms with E-state index in [9.17, 15) is 13.2 Å². The Balaban J connectivity index is 1.51. The number of imidazole rings is 1. The lowest BCUT2D eigenvalue weighted by atomic mass is 10.1. The number of ether oxygens (including phenoxy) is 1. The zero-order chi connectivity index (χ0) is 24.8. The van der Waals surface area contributed by atoms with Gasteiger partial charge in [-0.1, -0.05) is 26.0 Å². The van der Waals surface area contributed by atoms with Crippen LogP contribution in [0, 0.1) is 0 Å². The number of anilines is 1. The molecule has 1 fully saturated rings. The summed E-state index contributed by atoms with van der Waals surface area (Å²) >= 11 is 0. The minimum absolute atomic E-state index is 0.133. The van der Waals surface area contributed by atoms with E-state index in [4.69, 9.17) is 4.74 Å². The molecule has 10 heteroatoms. The van der Waals surface area contributed by atoms with Gasteiger partial charge in [-0.05, 0) is 36.8 Å². The van der Waals surface area contributed by atoms with Crippen molar-refractivity contribution in [2.45, 2.75) is 31.7 Å². The summed E-state index contributed by atoms with van der Waals surface area (Å²) in [5.41, 5.74) is 3.10. The topological polar surface area (TPSA) is 96.8 Å². The molecule has 0 atom stereocenters. The molecular weight excluding hydrogens is 466 g/mol. The molecule has 0 unspecified atom stereocenters. The number of hydrogen-bond donors (Lipinski definition) is 1. The zero-order valence-electron chi connectivity index (χ0n) is 20.3. The Morgan fingerprint density at radius 3 is 2.60 bits per heavy atom. The first kappa shape index (κ1) is 25.2. The van der Waals surface area contributed by atoms with Gasteiger partial charge < -0.3 is 19.5 Å². The van der Waals surface area contributed by atoms with Gasteiger partial charge in [-0.15, -0.1) is 0 Å². The minimum atomic E-state index is -3.68. The fraction of sp³-hybridized carbons (Fsp3) is 0.440. The quantitative estimate of drug-likeness (QED) is 0.431. The van der Waals surface area contributed by atoms with Crippen LogP contribution in [0.5, 0.6) is 0 Å². The number of fused-ring (bicyclic) bond motifs is 1. The van der Waals surface area contributed by atoms with Crippen LogP contribution in [0.15, 0.2) is 53.7 Å². The molecule has 0 saturated carbocycles. The maximum atomic E-state index is 13.3. The molecular formula is C25H33N5O4S. The monoisotopic (exact) mass is 499 g/mol. The number of morpholine rings is 1. The maximum Gasteiger partial charge on any atom is 0.253 e. The summed E-state index contributed by atoms with van der Waals surface area (Å²) in [4.78, 5) is 19.9. The Morgan fingerprint density at radius 2 is 1.86 bits per heavy atom. The van der Waals surface area contributed by atoms with Crippen molar-refractivity contribution in [1.82, 2.24) is 19.2 Å². The Kier molecular flexibility index (Phi) is 8.04. The van der Waals surface area contributed by atoms with Crippen LogP contribution in [-0.4, -0.2) is 74.1 Å². The summed E-state index contributed by atoms with van der Waals surface area (Å²) in [6.07, 6.45) is 2.53. The predicted molar refractivity (Wildman–Crippen MR) is 136 cm³/mol. The van der Waals surface area contributed by atoms with E-state index >= 15 is 0 Å².